The number of anilines is 1. The lowest BCUT2D eigenvalue weighted by molar-refractivity contribution is -0.111. The predicted molar refractivity (Wildman–Crippen MR) is 123 cm³/mol. The number of aryl methyl sites for hydroxylation is 1. The molecule has 30 heavy (non-hydrogen) atoms. The average molecular weight is 411 g/mol. The number of carbonyl (C=O) groups excluding carboxylic acids is 1. The molecule has 0 spiro atoms. The number of hydrogen-bond donors (Lipinski definition) is 1. The van der Waals surface area contributed by atoms with Gasteiger partial charge in [-0.1, -0.05) is 53.8 Å². The van der Waals surface area contributed by atoms with E-state index in [1.165, 1.54) is 11.3 Å². The van der Waals surface area contributed by atoms with E-state index in [-0.39, 0.29) is 5.91 Å². The topological polar surface area (TPSA) is 59.8 Å². The number of benzene rings is 2. The minimum Gasteiger partial charge on any atom is -0.328 e. The van der Waals surface area contributed by atoms with E-state index in [1.54, 1.807) is 12.3 Å². The van der Waals surface area contributed by atoms with Gasteiger partial charge in [-0.2, -0.15) is 0 Å². The van der Waals surface area contributed by atoms with Crippen LogP contribution in [0.1, 0.15) is 5.56 Å². The summed E-state index contributed by atoms with van der Waals surface area (Å²) in [5.41, 5.74) is 4.82. The van der Waals surface area contributed by atoms with Crippen molar-refractivity contribution in [2.45, 2.75) is 0 Å². The molecule has 1 N–H and O–H groups in total. The van der Waals surface area contributed by atoms with Gasteiger partial charge >= 0.3 is 0 Å². The molecule has 0 saturated carbocycles. The van der Waals surface area contributed by atoms with E-state index in [2.05, 4.69) is 32.0 Å². The Kier molecular flexibility index (Phi) is 4.61. The predicted octanol–water partition coefficient (Wildman–Crippen LogP) is 5.50. The molecule has 0 bridgehead atoms. The zero-order chi connectivity index (χ0) is 20.5. The first-order valence-electron chi connectivity index (χ1n) is 9.54. The molecule has 0 aliphatic carbocycles. The minimum atomic E-state index is -0.214. The van der Waals surface area contributed by atoms with Crippen LogP contribution >= 0.6 is 11.3 Å². The van der Waals surface area contributed by atoms with Gasteiger partial charge in [-0.15, -0.1) is 0 Å². The molecule has 146 valence electrons. The third-order valence-electron chi connectivity index (χ3n) is 4.96. The van der Waals surface area contributed by atoms with E-state index >= 15 is 0 Å². The molecule has 0 radical (unpaired) electrons. The number of hydrogen-bond acceptors (Lipinski definition) is 4. The molecule has 6 heteroatoms. The van der Waals surface area contributed by atoms with Gasteiger partial charge in [-0.3, -0.25) is 10.1 Å². The molecule has 0 unspecified atom stereocenters. The lowest BCUT2D eigenvalue weighted by atomic mass is 10.1. The van der Waals surface area contributed by atoms with Crippen LogP contribution in [0.2, 0.25) is 0 Å². The molecule has 0 saturated heterocycles. The maximum Gasteiger partial charge on any atom is 0.250 e. The van der Waals surface area contributed by atoms with Gasteiger partial charge in [0, 0.05) is 30.3 Å². The monoisotopic (exact) mass is 410 g/mol. The van der Waals surface area contributed by atoms with Gasteiger partial charge < -0.3 is 4.57 Å². The molecule has 5 nitrogen and oxygen atoms in total. The Balaban J connectivity index is 1.51. The molecule has 0 fully saturated rings. The van der Waals surface area contributed by atoms with Gasteiger partial charge in [-0.25, -0.2) is 9.97 Å². The second-order valence-corrected chi connectivity index (χ2v) is 7.90. The molecule has 0 aliphatic heterocycles. The number of thiazole rings is 1. The van der Waals surface area contributed by atoms with Crippen molar-refractivity contribution in [1.82, 2.24) is 14.5 Å². The molecule has 5 aromatic rings. The number of carbonyl (C=O) groups is 1. The maximum absolute atomic E-state index is 12.6. The summed E-state index contributed by atoms with van der Waals surface area (Å²) in [5.74, 6) is -0.214. The van der Waals surface area contributed by atoms with Crippen molar-refractivity contribution >= 4 is 49.7 Å². The summed E-state index contributed by atoms with van der Waals surface area (Å²) in [4.78, 5) is 21.6. The first-order chi connectivity index (χ1) is 14.7. The summed E-state index contributed by atoms with van der Waals surface area (Å²) >= 11 is 1.46. The van der Waals surface area contributed by atoms with Crippen LogP contribution in [-0.2, 0) is 11.8 Å². The van der Waals surface area contributed by atoms with E-state index in [1.807, 2.05) is 67.7 Å². The van der Waals surface area contributed by atoms with Crippen LogP contribution in [0.4, 0.5) is 5.13 Å². The molecule has 3 aromatic heterocycles. The molecule has 5 rings (SSSR count). The van der Waals surface area contributed by atoms with Crippen LogP contribution in [0.15, 0.2) is 79.0 Å². The van der Waals surface area contributed by atoms with Crippen molar-refractivity contribution < 1.29 is 4.79 Å². The Morgan fingerprint density at radius 2 is 1.83 bits per heavy atom. The number of para-hydroxylation sites is 1. The molecule has 2 aromatic carbocycles. The summed E-state index contributed by atoms with van der Waals surface area (Å²) in [6.07, 6.45) is 5.19. The second-order valence-electron chi connectivity index (χ2n) is 6.87. The third-order valence-corrected chi connectivity index (χ3v) is 5.91. The van der Waals surface area contributed by atoms with Crippen molar-refractivity contribution in [1.29, 1.82) is 0 Å². The van der Waals surface area contributed by atoms with Crippen molar-refractivity contribution in [2.24, 2.45) is 7.05 Å². The Bertz CT molecular complexity index is 1370. The molecular formula is C24H18N4OS. The Morgan fingerprint density at radius 3 is 2.67 bits per heavy atom. The lowest BCUT2D eigenvalue weighted by Gasteiger charge is -2.05. The van der Waals surface area contributed by atoms with Gasteiger partial charge in [0.25, 0.3) is 0 Å². The molecule has 0 atom stereocenters. The van der Waals surface area contributed by atoms with E-state index in [4.69, 9.17) is 0 Å². The van der Waals surface area contributed by atoms with Gasteiger partial charge in [0.2, 0.25) is 5.91 Å². The van der Waals surface area contributed by atoms with Crippen LogP contribution in [0.5, 0.6) is 0 Å². The number of pyridine rings is 1. The molecule has 1 amide bonds. The fourth-order valence-corrected chi connectivity index (χ4v) is 4.50. The zero-order valence-electron chi connectivity index (χ0n) is 16.2. The first-order valence-corrected chi connectivity index (χ1v) is 10.4. The summed E-state index contributed by atoms with van der Waals surface area (Å²) in [6, 6.07) is 21.9. The van der Waals surface area contributed by atoms with E-state index < -0.39 is 0 Å². The number of aromatic nitrogens is 3. The van der Waals surface area contributed by atoms with Crippen molar-refractivity contribution in [3.05, 3.63) is 84.6 Å². The third kappa shape index (κ3) is 3.27. The fraction of sp³-hybridized carbons (Fsp3) is 0.0417. The quantitative estimate of drug-likeness (QED) is 0.398. The highest BCUT2D eigenvalue weighted by Gasteiger charge is 2.15. The SMILES string of the molecule is Cn1c(-c2ccccc2)c(/C=C/C(=O)Nc2nc3ccccc3s2)c2cccnc21. The Morgan fingerprint density at radius 1 is 1.03 bits per heavy atom. The van der Waals surface area contributed by atoms with Crippen LogP contribution in [-0.4, -0.2) is 20.4 Å². The smallest absolute Gasteiger partial charge is 0.250 e. The standard InChI is InChI=1S/C24H18N4OS/c1-28-22(16-8-3-2-4-9-16)17(18-10-7-15-25-23(18)28)13-14-21(29)27-24-26-19-11-5-6-12-20(19)30-24/h2-15H,1H3,(H,26,27,29)/b14-13+. The summed E-state index contributed by atoms with van der Waals surface area (Å²) in [5, 5.41) is 4.47. The van der Waals surface area contributed by atoms with Gasteiger partial charge in [0.15, 0.2) is 5.13 Å². The number of amides is 1. The van der Waals surface area contributed by atoms with E-state index in [0.29, 0.717) is 5.13 Å². The van der Waals surface area contributed by atoms with Crippen LogP contribution in [0.25, 0.3) is 38.6 Å². The summed E-state index contributed by atoms with van der Waals surface area (Å²) < 4.78 is 3.11. The van der Waals surface area contributed by atoms with Crippen LogP contribution < -0.4 is 5.32 Å². The normalized spacial score (nSPS) is 11.5. The Labute approximate surface area is 177 Å². The van der Waals surface area contributed by atoms with E-state index in [0.717, 1.165) is 38.1 Å². The number of rotatable bonds is 4. The molecular weight excluding hydrogens is 392 g/mol. The highest BCUT2D eigenvalue weighted by atomic mass is 32.1. The van der Waals surface area contributed by atoms with Crippen molar-refractivity contribution in [2.75, 3.05) is 5.32 Å². The van der Waals surface area contributed by atoms with Gasteiger partial charge in [0.05, 0.1) is 15.9 Å². The average Bonchev–Trinajstić information content (AvgIpc) is 3.31. The first kappa shape index (κ1) is 18.3. The zero-order valence-corrected chi connectivity index (χ0v) is 17.1. The van der Waals surface area contributed by atoms with Crippen LogP contribution in [0.3, 0.4) is 0 Å². The highest BCUT2D eigenvalue weighted by molar-refractivity contribution is 7.22. The number of fused-ring (bicyclic) bond motifs is 2. The Hall–Kier alpha value is -3.77. The van der Waals surface area contributed by atoms with Crippen LogP contribution in [0, 0.1) is 0 Å². The van der Waals surface area contributed by atoms with Gasteiger partial charge in [-0.05, 0) is 35.9 Å². The van der Waals surface area contributed by atoms with E-state index in [9.17, 15) is 4.79 Å². The number of nitrogens with one attached hydrogen (secondary N) is 1. The van der Waals surface area contributed by atoms with Crippen molar-refractivity contribution in [3.8, 4) is 11.3 Å². The minimum absolute atomic E-state index is 0.214. The fourth-order valence-electron chi connectivity index (χ4n) is 3.63. The highest BCUT2D eigenvalue weighted by Crippen LogP contribution is 2.33. The maximum atomic E-state index is 12.6. The number of nitrogens with zero attached hydrogens (tertiary/aromatic N) is 3. The lowest BCUT2D eigenvalue weighted by Crippen LogP contribution is -2.07. The molecule has 0 aliphatic rings. The summed E-state index contributed by atoms with van der Waals surface area (Å²) in [7, 11) is 2.00. The summed E-state index contributed by atoms with van der Waals surface area (Å²) in [6.45, 7) is 0. The van der Waals surface area contributed by atoms with Gasteiger partial charge in [0.1, 0.15) is 5.65 Å². The largest absolute Gasteiger partial charge is 0.328 e. The van der Waals surface area contributed by atoms with Crippen molar-refractivity contribution in [3.63, 3.8) is 0 Å². The second kappa shape index (κ2) is 7.57. The molecule has 3 heterocycles.